The summed E-state index contributed by atoms with van der Waals surface area (Å²) in [6, 6.07) is 9.10. The van der Waals surface area contributed by atoms with Crippen molar-refractivity contribution in [2.75, 3.05) is 24.6 Å². The van der Waals surface area contributed by atoms with Gasteiger partial charge in [0, 0.05) is 44.2 Å². The lowest BCUT2D eigenvalue weighted by Crippen LogP contribution is -2.58. The number of rotatable bonds is 6. The van der Waals surface area contributed by atoms with Gasteiger partial charge in [0.2, 0.25) is 0 Å². The summed E-state index contributed by atoms with van der Waals surface area (Å²) in [5.41, 5.74) is 3.07. The van der Waals surface area contributed by atoms with E-state index in [-0.39, 0.29) is 35.7 Å². The maximum Gasteiger partial charge on any atom is 0.350 e. The van der Waals surface area contributed by atoms with Gasteiger partial charge in [0.15, 0.2) is 5.82 Å². The number of hydrogen-bond acceptors (Lipinski definition) is 7. The minimum atomic E-state index is -0.278. The Morgan fingerprint density at radius 1 is 1.07 bits per heavy atom. The van der Waals surface area contributed by atoms with Crippen molar-refractivity contribution in [3.63, 3.8) is 0 Å². The summed E-state index contributed by atoms with van der Waals surface area (Å²) < 4.78 is 23.4. The van der Waals surface area contributed by atoms with Crippen molar-refractivity contribution in [1.82, 2.24) is 29.0 Å². The number of piperazine rings is 1. The van der Waals surface area contributed by atoms with Crippen LogP contribution in [0.25, 0.3) is 22.1 Å². The van der Waals surface area contributed by atoms with Crippen LogP contribution in [0, 0.1) is 18.7 Å². The summed E-state index contributed by atoms with van der Waals surface area (Å²) in [6.07, 6.45) is 2.21. The molecule has 218 valence electrons. The quantitative estimate of drug-likeness (QED) is 0.340. The van der Waals surface area contributed by atoms with Gasteiger partial charge in [-0.05, 0) is 63.8 Å². The number of benzene rings is 1. The largest absolute Gasteiger partial charge is 0.376 e. The molecule has 2 saturated heterocycles. The van der Waals surface area contributed by atoms with Crippen LogP contribution in [0.15, 0.2) is 35.1 Å². The SMILES string of the molecule is Cc1nc2c(N3C[C@@H](C)N([C@@H](c4ccc5cc(F)ccc5n4)C(C)C)C[C@@H]3C)nc(=O)n(C)c2n1C[C@@H]1CCCO1. The van der Waals surface area contributed by atoms with Gasteiger partial charge in [-0.1, -0.05) is 19.9 Å². The van der Waals surface area contributed by atoms with E-state index in [1.54, 1.807) is 17.7 Å². The van der Waals surface area contributed by atoms with Crippen LogP contribution >= 0.6 is 0 Å². The van der Waals surface area contributed by atoms with Gasteiger partial charge in [-0.25, -0.2) is 14.2 Å². The summed E-state index contributed by atoms with van der Waals surface area (Å²) in [5, 5.41) is 0.803. The topological polar surface area (TPSA) is 81.3 Å². The molecule has 6 rings (SSSR count). The van der Waals surface area contributed by atoms with E-state index in [9.17, 15) is 9.18 Å². The van der Waals surface area contributed by atoms with E-state index in [4.69, 9.17) is 14.7 Å². The van der Waals surface area contributed by atoms with E-state index < -0.39 is 0 Å². The number of anilines is 1. The lowest BCUT2D eigenvalue weighted by Gasteiger charge is -2.48. The molecule has 0 bridgehead atoms. The number of imidazole rings is 1. The van der Waals surface area contributed by atoms with Crippen LogP contribution in [0.5, 0.6) is 0 Å². The van der Waals surface area contributed by atoms with Crippen LogP contribution in [0.2, 0.25) is 0 Å². The van der Waals surface area contributed by atoms with Gasteiger partial charge < -0.3 is 14.2 Å². The molecule has 0 unspecified atom stereocenters. The van der Waals surface area contributed by atoms with Gasteiger partial charge in [-0.2, -0.15) is 4.98 Å². The highest BCUT2D eigenvalue weighted by atomic mass is 19.1. The third-order valence-electron chi connectivity index (χ3n) is 8.83. The molecule has 0 aliphatic carbocycles. The highest BCUT2D eigenvalue weighted by molar-refractivity contribution is 5.85. The zero-order chi connectivity index (χ0) is 29.0. The first-order chi connectivity index (χ1) is 19.6. The molecule has 41 heavy (non-hydrogen) atoms. The fraction of sp³-hybridized carbons (Fsp3) is 0.548. The van der Waals surface area contributed by atoms with E-state index in [1.807, 2.05) is 19.1 Å². The Labute approximate surface area is 240 Å². The van der Waals surface area contributed by atoms with Crippen LogP contribution < -0.4 is 10.6 Å². The molecule has 0 N–H and O–H groups in total. The molecule has 4 atom stereocenters. The average Bonchev–Trinajstić information content (AvgIpc) is 3.56. The Kier molecular flexibility index (Phi) is 7.32. The smallest absolute Gasteiger partial charge is 0.350 e. The van der Waals surface area contributed by atoms with Gasteiger partial charge in [0.05, 0.1) is 29.9 Å². The molecular weight excluding hydrogens is 521 g/mol. The Morgan fingerprint density at radius 2 is 1.88 bits per heavy atom. The minimum absolute atomic E-state index is 0.0911. The molecule has 0 radical (unpaired) electrons. The lowest BCUT2D eigenvalue weighted by molar-refractivity contribution is 0.0798. The molecule has 0 saturated carbocycles. The molecule has 2 aliphatic heterocycles. The van der Waals surface area contributed by atoms with E-state index >= 15 is 0 Å². The number of aryl methyl sites for hydroxylation is 2. The van der Waals surface area contributed by atoms with Gasteiger partial charge >= 0.3 is 5.69 Å². The number of nitrogens with zero attached hydrogens (tertiary/aromatic N) is 7. The highest BCUT2D eigenvalue weighted by Crippen LogP contribution is 2.35. The summed E-state index contributed by atoms with van der Waals surface area (Å²) in [4.78, 5) is 32.4. The molecule has 4 aromatic rings. The zero-order valence-electron chi connectivity index (χ0n) is 24.8. The summed E-state index contributed by atoms with van der Waals surface area (Å²) >= 11 is 0. The van der Waals surface area contributed by atoms with Crippen molar-refractivity contribution in [2.45, 2.75) is 78.2 Å². The fourth-order valence-corrected chi connectivity index (χ4v) is 6.77. The molecule has 3 aromatic heterocycles. The molecule has 2 fully saturated rings. The molecule has 0 amide bonds. The van der Waals surface area contributed by atoms with E-state index in [2.05, 4.69) is 47.0 Å². The number of aromatic nitrogens is 5. The standard InChI is InChI=1S/C31H40FN7O2/c1-18(2)28(26-11-9-22-14-23(32)10-12-25(22)34-26)37-15-20(4)38(16-19(37)3)29-27-30(36(6)31(40)35-29)39(21(5)33-27)17-24-8-7-13-41-24/h9-12,14,18-20,24,28H,7-8,13,15-17H2,1-6H3/t19-,20+,24+,28-/m1/s1. The monoisotopic (exact) mass is 561 g/mol. The molecular formula is C31H40FN7O2. The molecule has 5 heterocycles. The zero-order valence-corrected chi connectivity index (χ0v) is 24.8. The predicted molar refractivity (Wildman–Crippen MR) is 159 cm³/mol. The van der Waals surface area contributed by atoms with Crippen LogP contribution in [0.3, 0.4) is 0 Å². The lowest BCUT2D eigenvalue weighted by atomic mass is 9.94. The average molecular weight is 562 g/mol. The fourth-order valence-electron chi connectivity index (χ4n) is 6.77. The van der Waals surface area contributed by atoms with Gasteiger partial charge in [0.1, 0.15) is 22.8 Å². The van der Waals surface area contributed by atoms with Crippen molar-refractivity contribution in [3.8, 4) is 0 Å². The Balaban J connectivity index is 1.33. The van der Waals surface area contributed by atoms with Crippen LogP contribution in [-0.2, 0) is 18.3 Å². The number of ether oxygens (including phenoxy) is 1. The van der Waals surface area contributed by atoms with E-state index in [1.165, 1.54) is 12.1 Å². The molecule has 10 heteroatoms. The number of halogens is 1. The van der Waals surface area contributed by atoms with Crippen LogP contribution in [0.4, 0.5) is 10.2 Å². The van der Waals surface area contributed by atoms with Crippen LogP contribution in [0.1, 0.15) is 58.1 Å². The first-order valence-corrected chi connectivity index (χ1v) is 14.8. The second kappa shape index (κ2) is 10.8. The van der Waals surface area contributed by atoms with Gasteiger partial charge in [-0.3, -0.25) is 14.5 Å². The summed E-state index contributed by atoms with van der Waals surface area (Å²) in [6.45, 7) is 13.8. The number of fused-ring (bicyclic) bond motifs is 2. The van der Waals surface area contributed by atoms with Crippen molar-refractivity contribution in [1.29, 1.82) is 0 Å². The normalized spacial score (nSPS) is 22.8. The van der Waals surface area contributed by atoms with Crippen molar-refractivity contribution < 1.29 is 9.13 Å². The molecule has 2 aliphatic rings. The molecule has 1 aromatic carbocycles. The molecule has 9 nitrogen and oxygen atoms in total. The summed E-state index contributed by atoms with van der Waals surface area (Å²) in [5.74, 6) is 1.58. The van der Waals surface area contributed by atoms with Crippen LogP contribution in [-0.4, -0.2) is 66.9 Å². The first-order valence-electron chi connectivity index (χ1n) is 14.8. The molecule has 0 spiro atoms. The Morgan fingerprint density at radius 3 is 2.61 bits per heavy atom. The third kappa shape index (κ3) is 5.01. The van der Waals surface area contributed by atoms with Gasteiger partial charge in [0.25, 0.3) is 0 Å². The van der Waals surface area contributed by atoms with Crippen molar-refractivity contribution in [3.05, 3.63) is 58.2 Å². The maximum atomic E-state index is 13.8. The Bertz CT molecular complexity index is 1640. The predicted octanol–water partition coefficient (Wildman–Crippen LogP) is 4.60. The number of pyridine rings is 1. The Hall–Kier alpha value is -3.37. The van der Waals surface area contributed by atoms with E-state index in [0.29, 0.717) is 24.8 Å². The number of hydrogen-bond donors (Lipinski definition) is 0. The van der Waals surface area contributed by atoms with E-state index in [0.717, 1.165) is 59.6 Å². The second-order valence-electron chi connectivity index (χ2n) is 12.2. The third-order valence-corrected chi connectivity index (χ3v) is 8.83. The maximum absolute atomic E-state index is 13.8. The van der Waals surface area contributed by atoms with Gasteiger partial charge in [-0.15, -0.1) is 0 Å². The minimum Gasteiger partial charge on any atom is -0.376 e. The second-order valence-corrected chi connectivity index (χ2v) is 12.2. The van der Waals surface area contributed by atoms with Crippen molar-refractivity contribution >= 4 is 27.9 Å². The summed E-state index contributed by atoms with van der Waals surface area (Å²) in [7, 11) is 1.77. The van der Waals surface area contributed by atoms with Crippen molar-refractivity contribution in [2.24, 2.45) is 13.0 Å². The highest BCUT2D eigenvalue weighted by Gasteiger charge is 2.38. The first kappa shape index (κ1) is 27.8.